The lowest BCUT2D eigenvalue weighted by atomic mass is 9.88. The molecule has 154 valence electrons. The number of nitrogens with zero attached hydrogens (tertiary/aromatic N) is 4. The van der Waals surface area contributed by atoms with Crippen LogP contribution in [0.15, 0.2) is 40.2 Å². The number of halogens is 1. The summed E-state index contributed by atoms with van der Waals surface area (Å²) in [6.07, 6.45) is 3.60. The Bertz CT molecular complexity index is 1190. The van der Waals surface area contributed by atoms with Gasteiger partial charge in [0, 0.05) is 39.6 Å². The van der Waals surface area contributed by atoms with Crippen molar-refractivity contribution >= 4 is 46.0 Å². The van der Waals surface area contributed by atoms with Crippen LogP contribution in [-0.4, -0.2) is 19.7 Å². The van der Waals surface area contributed by atoms with Crippen molar-refractivity contribution in [2.45, 2.75) is 37.1 Å². The van der Waals surface area contributed by atoms with Crippen LogP contribution in [0.5, 0.6) is 0 Å². The van der Waals surface area contributed by atoms with E-state index in [1.807, 2.05) is 35.6 Å². The highest BCUT2D eigenvalue weighted by Crippen LogP contribution is 2.38. The summed E-state index contributed by atoms with van der Waals surface area (Å²) >= 11 is 11.5. The number of hydrogen-bond donors (Lipinski definition) is 0. The minimum atomic E-state index is 0.734. The topological polar surface area (TPSA) is 43.6 Å². The van der Waals surface area contributed by atoms with Crippen LogP contribution >= 0.6 is 46.0 Å². The number of fused-ring (bicyclic) bond motifs is 1. The van der Waals surface area contributed by atoms with Gasteiger partial charge in [0.05, 0.1) is 10.7 Å². The molecule has 0 fully saturated rings. The molecular weight excluding hydrogens is 452 g/mol. The van der Waals surface area contributed by atoms with E-state index in [4.69, 9.17) is 16.6 Å². The highest BCUT2D eigenvalue weighted by atomic mass is 35.5. The lowest BCUT2D eigenvalue weighted by Crippen LogP contribution is -2.09. The molecule has 4 nitrogen and oxygen atoms in total. The molecule has 3 aromatic heterocycles. The molecule has 1 atom stereocenters. The maximum absolute atomic E-state index is 6.31. The van der Waals surface area contributed by atoms with E-state index >= 15 is 0 Å². The summed E-state index contributed by atoms with van der Waals surface area (Å²) < 4.78 is 2.12. The van der Waals surface area contributed by atoms with E-state index in [9.17, 15) is 0 Å². The molecule has 0 bridgehead atoms. The second-order valence-corrected chi connectivity index (χ2v) is 10.8. The number of thiazole rings is 1. The minimum absolute atomic E-state index is 0.734. The zero-order chi connectivity index (χ0) is 20.7. The molecule has 1 aromatic carbocycles. The van der Waals surface area contributed by atoms with Crippen molar-refractivity contribution in [3.63, 3.8) is 0 Å². The van der Waals surface area contributed by atoms with Gasteiger partial charge in [0.25, 0.3) is 0 Å². The summed E-state index contributed by atoms with van der Waals surface area (Å²) in [6.45, 7) is 2.34. The fraction of sp³-hybridized carbons (Fsp3) is 0.318. The molecule has 1 aliphatic carbocycles. The molecule has 3 heterocycles. The van der Waals surface area contributed by atoms with Crippen molar-refractivity contribution in [2.75, 3.05) is 0 Å². The van der Waals surface area contributed by atoms with Crippen LogP contribution in [0, 0.1) is 5.92 Å². The fourth-order valence-corrected chi connectivity index (χ4v) is 7.10. The molecule has 0 spiro atoms. The normalized spacial score (nSPS) is 16.0. The molecule has 0 saturated carbocycles. The van der Waals surface area contributed by atoms with Gasteiger partial charge in [0.15, 0.2) is 11.0 Å². The molecule has 0 saturated heterocycles. The summed E-state index contributed by atoms with van der Waals surface area (Å²) in [7, 11) is 2.06. The van der Waals surface area contributed by atoms with Gasteiger partial charge in [-0.1, -0.05) is 48.5 Å². The molecule has 0 radical (unpaired) electrons. The molecular formula is C22H21ClN4S3. The number of thioether (sulfide) groups is 1. The second-order valence-electron chi connectivity index (χ2n) is 7.68. The molecule has 1 aliphatic rings. The van der Waals surface area contributed by atoms with E-state index in [2.05, 4.69) is 39.5 Å². The summed E-state index contributed by atoms with van der Waals surface area (Å²) in [5.41, 5.74) is 4.76. The lowest BCUT2D eigenvalue weighted by Gasteiger charge is -2.18. The number of hydrogen-bond acceptors (Lipinski definition) is 6. The van der Waals surface area contributed by atoms with Gasteiger partial charge in [0.1, 0.15) is 5.01 Å². The Kier molecular flexibility index (Phi) is 5.71. The van der Waals surface area contributed by atoms with Crippen LogP contribution in [0.1, 0.15) is 29.5 Å². The second kappa shape index (κ2) is 8.46. The predicted octanol–water partition coefficient (Wildman–Crippen LogP) is 6.74. The van der Waals surface area contributed by atoms with Crippen LogP contribution in [0.3, 0.4) is 0 Å². The molecule has 5 rings (SSSR count). The molecule has 0 amide bonds. The summed E-state index contributed by atoms with van der Waals surface area (Å²) in [4.78, 5) is 6.29. The molecule has 4 aromatic rings. The first-order valence-corrected chi connectivity index (χ1v) is 13.0. The van der Waals surface area contributed by atoms with Crippen molar-refractivity contribution in [1.29, 1.82) is 0 Å². The van der Waals surface area contributed by atoms with E-state index < -0.39 is 0 Å². The SMILES string of the molecule is CC1CCc2c(-c3nnc(SCc4csc(-c5ccccc5Cl)n4)n3C)csc2C1. The minimum Gasteiger partial charge on any atom is -0.305 e. The molecule has 1 unspecified atom stereocenters. The summed E-state index contributed by atoms with van der Waals surface area (Å²) in [5.74, 6) is 2.51. The van der Waals surface area contributed by atoms with E-state index in [0.29, 0.717) is 0 Å². The molecule has 8 heteroatoms. The monoisotopic (exact) mass is 472 g/mol. The molecule has 30 heavy (non-hydrogen) atoms. The quantitative estimate of drug-likeness (QED) is 0.302. The molecule has 0 N–H and O–H groups in total. The summed E-state index contributed by atoms with van der Waals surface area (Å²) in [6, 6.07) is 7.84. The Hall–Kier alpha value is -1.67. The Labute approximate surface area is 193 Å². The fourth-order valence-electron chi connectivity index (χ4n) is 3.81. The van der Waals surface area contributed by atoms with Crippen LogP contribution in [0.25, 0.3) is 22.0 Å². The predicted molar refractivity (Wildman–Crippen MR) is 128 cm³/mol. The van der Waals surface area contributed by atoms with Crippen molar-refractivity contribution in [3.05, 3.63) is 56.2 Å². The van der Waals surface area contributed by atoms with Gasteiger partial charge in [-0.2, -0.15) is 0 Å². The van der Waals surface area contributed by atoms with Crippen molar-refractivity contribution in [1.82, 2.24) is 19.7 Å². The maximum Gasteiger partial charge on any atom is 0.191 e. The Balaban J connectivity index is 1.32. The van der Waals surface area contributed by atoms with Gasteiger partial charge in [-0.15, -0.1) is 32.9 Å². The first-order valence-electron chi connectivity index (χ1n) is 9.91. The zero-order valence-corrected chi connectivity index (χ0v) is 20.0. The van der Waals surface area contributed by atoms with Crippen LogP contribution in [0.4, 0.5) is 0 Å². The van der Waals surface area contributed by atoms with Crippen LogP contribution in [-0.2, 0) is 25.6 Å². The number of rotatable bonds is 5. The smallest absolute Gasteiger partial charge is 0.191 e. The lowest BCUT2D eigenvalue weighted by molar-refractivity contribution is 0.508. The van der Waals surface area contributed by atoms with E-state index in [0.717, 1.165) is 50.4 Å². The van der Waals surface area contributed by atoms with Crippen molar-refractivity contribution in [3.8, 4) is 22.0 Å². The standard InChI is InChI=1S/C22H21ClN4S3/c1-13-7-8-15-17(12-28-19(15)9-13)20-25-26-22(27(20)2)30-11-14-10-29-21(24-14)16-5-3-4-6-18(16)23/h3-6,10,12-13H,7-9,11H2,1-2H3. The number of thiophene rings is 1. The average Bonchev–Trinajstić information content (AvgIpc) is 3.45. The number of aromatic nitrogens is 4. The van der Waals surface area contributed by atoms with Gasteiger partial charge in [-0.25, -0.2) is 4.98 Å². The first kappa shape index (κ1) is 20.2. The van der Waals surface area contributed by atoms with E-state index in [1.165, 1.54) is 28.8 Å². The third-order valence-corrected chi connectivity index (χ3v) is 8.84. The zero-order valence-electron chi connectivity index (χ0n) is 16.8. The van der Waals surface area contributed by atoms with Gasteiger partial charge >= 0.3 is 0 Å². The largest absolute Gasteiger partial charge is 0.305 e. The van der Waals surface area contributed by atoms with Gasteiger partial charge < -0.3 is 4.57 Å². The van der Waals surface area contributed by atoms with Gasteiger partial charge in [-0.05, 0) is 36.8 Å². The van der Waals surface area contributed by atoms with Crippen LogP contribution < -0.4 is 0 Å². The Morgan fingerprint density at radius 2 is 2.03 bits per heavy atom. The maximum atomic E-state index is 6.31. The van der Waals surface area contributed by atoms with E-state index in [-0.39, 0.29) is 0 Å². The number of benzene rings is 1. The van der Waals surface area contributed by atoms with Gasteiger partial charge in [0.2, 0.25) is 0 Å². The van der Waals surface area contributed by atoms with Crippen molar-refractivity contribution in [2.24, 2.45) is 13.0 Å². The van der Waals surface area contributed by atoms with E-state index in [1.54, 1.807) is 23.1 Å². The Morgan fingerprint density at radius 1 is 1.17 bits per heavy atom. The summed E-state index contributed by atoms with van der Waals surface area (Å²) in [5, 5.41) is 16.0. The average molecular weight is 473 g/mol. The van der Waals surface area contributed by atoms with Crippen molar-refractivity contribution < 1.29 is 0 Å². The van der Waals surface area contributed by atoms with Gasteiger partial charge in [-0.3, -0.25) is 0 Å². The molecule has 0 aliphatic heterocycles. The highest BCUT2D eigenvalue weighted by molar-refractivity contribution is 7.98. The third kappa shape index (κ3) is 3.84. The first-order chi connectivity index (χ1) is 14.6. The third-order valence-electron chi connectivity index (χ3n) is 5.48. The Morgan fingerprint density at radius 3 is 2.90 bits per heavy atom. The van der Waals surface area contributed by atoms with Crippen LogP contribution in [0.2, 0.25) is 5.02 Å². The highest BCUT2D eigenvalue weighted by Gasteiger charge is 2.23.